The van der Waals surface area contributed by atoms with Crippen LogP contribution in [0.25, 0.3) is 0 Å². The molecule has 2 heterocycles. The van der Waals surface area contributed by atoms with Gasteiger partial charge in [0, 0.05) is 5.75 Å². The van der Waals surface area contributed by atoms with Crippen LogP contribution in [0.2, 0.25) is 0 Å². The SMILES string of the molecule is O=C(O)C1CSC(C2CC2)N1C(=O)NCc1ncon1. The van der Waals surface area contributed by atoms with Gasteiger partial charge >= 0.3 is 12.0 Å². The Hall–Kier alpha value is -1.77. The topological polar surface area (TPSA) is 109 Å². The molecule has 0 aromatic carbocycles. The molecule has 2 atom stereocenters. The van der Waals surface area contributed by atoms with Crippen molar-refractivity contribution in [3.05, 3.63) is 12.2 Å². The highest BCUT2D eigenvalue weighted by Gasteiger charge is 2.48. The maximum absolute atomic E-state index is 12.2. The molecule has 20 heavy (non-hydrogen) atoms. The molecule has 0 radical (unpaired) electrons. The molecule has 2 N–H and O–H groups in total. The number of urea groups is 1. The fourth-order valence-electron chi connectivity index (χ4n) is 2.24. The van der Waals surface area contributed by atoms with E-state index in [-0.39, 0.29) is 17.9 Å². The number of hydrogen-bond donors (Lipinski definition) is 2. The number of aliphatic carboxylic acids is 1. The minimum atomic E-state index is -0.963. The highest BCUT2D eigenvalue weighted by Crippen LogP contribution is 2.45. The smallest absolute Gasteiger partial charge is 0.327 e. The van der Waals surface area contributed by atoms with Crippen LogP contribution in [0.1, 0.15) is 18.7 Å². The fraction of sp³-hybridized carbons (Fsp3) is 0.636. The van der Waals surface area contributed by atoms with E-state index in [4.69, 9.17) is 0 Å². The van der Waals surface area contributed by atoms with E-state index < -0.39 is 12.0 Å². The van der Waals surface area contributed by atoms with Gasteiger partial charge in [-0.1, -0.05) is 5.16 Å². The number of carbonyl (C=O) groups excluding carboxylic acids is 1. The average Bonchev–Trinajstić information content (AvgIpc) is 2.97. The second-order valence-electron chi connectivity index (χ2n) is 4.83. The lowest BCUT2D eigenvalue weighted by molar-refractivity contribution is -0.141. The summed E-state index contributed by atoms with van der Waals surface area (Å²) < 4.78 is 4.58. The summed E-state index contributed by atoms with van der Waals surface area (Å²) in [6, 6.07) is -1.15. The number of rotatable bonds is 4. The Morgan fingerprint density at radius 3 is 2.95 bits per heavy atom. The lowest BCUT2D eigenvalue weighted by Crippen LogP contribution is -2.50. The van der Waals surface area contributed by atoms with Crippen LogP contribution in [0.5, 0.6) is 0 Å². The molecule has 2 amide bonds. The van der Waals surface area contributed by atoms with Gasteiger partial charge in [-0.25, -0.2) is 9.59 Å². The van der Waals surface area contributed by atoms with Gasteiger partial charge in [-0.15, -0.1) is 11.8 Å². The van der Waals surface area contributed by atoms with Gasteiger partial charge in [0.1, 0.15) is 6.04 Å². The molecule has 1 aromatic heterocycles. The minimum Gasteiger partial charge on any atom is -0.480 e. The molecule has 1 aliphatic heterocycles. The molecule has 108 valence electrons. The number of carbonyl (C=O) groups is 2. The molecule has 3 rings (SSSR count). The second kappa shape index (κ2) is 5.31. The van der Waals surface area contributed by atoms with Gasteiger partial charge in [0.2, 0.25) is 6.39 Å². The maximum Gasteiger partial charge on any atom is 0.327 e. The summed E-state index contributed by atoms with van der Waals surface area (Å²) in [5.74, 6) is 0.252. The van der Waals surface area contributed by atoms with Crippen molar-refractivity contribution >= 4 is 23.8 Å². The molecular weight excluding hydrogens is 284 g/mol. The Bertz CT molecular complexity index is 505. The fourth-order valence-corrected chi connectivity index (χ4v) is 3.87. The molecule has 8 nitrogen and oxygen atoms in total. The number of carboxylic acid groups (broad SMARTS) is 1. The predicted molar refractivity (Wildman–Crippen MR) is 68.8 cm³/mol. The summed E-state index contributed by atoms with van der Waals surface area (Å²) in [6.45, 7) is 0.125. The van der Waals surface area contributed by atoms with Gasteiger partial charge in [0.05, 0.1) is 11.9 Å². The molecule has 2 unspecified atom stereocenters. The molecule has 1 saturated heterocycles. The van der Waals surface area contributed by atoms with Crippen molar-refractivity contribution in [2.75, 3.05) is 5.75 Å². The zero-order valence-electron chi connectivity index (χ0n) is 10.6. The van der Waals surface area contributed by atoms with Crippen molar-refractivity contribution in [3.63, 3.8) is 0 Å². The van der Waals surface area contributed by atoms with Gasteiger partial charge in [-0.3, -0.25) is 4.90 Å². The molecule has 0 bridgehead atoms. The summed E-state index contributed by atoms with van der Waals surface area (Å²) in [6.07, 6.45) is 3.29. The van der Waals surface area contributed by atoms with Crippen LogP contribution in [0.3, 0.4) is 0 Å². The Kier molecular flexibility index (Phi) is 3.51. The first kappa shape index (κ1) is 13.2. The van der Waals surface area contributed by atoms with Crippen LogP contribution in [-0.4, -0.2) is 49.3 Å². The quantitative estimate of drug-likeness (QED) is 0.834. The van der Waals surface area contributed by atoms with Crippen LogP contribution in [0, 0.1) is 5.92 Å². The summed E-state index contributed by atoms with van der Waals surface area (Å²) in [5, 5.41) is 15.4. The lowest BCUT2D eigenvalue weighted by Gasteiger charge is -2.27. The van der Waals surface area contributed by atoms with Crippen LogP contribution >= 0.6 is 11.8 Å². The molecule has 2 aliphatic rings. The largest absolute Gasteiger partial charge is 0.480 e. The zero-order chi connectivity index (χ0) is 14.1. The van der Waals surface area contributed by atoms with Crippen LogP contribution in [0.15, 0.2) is 10.9 Å². The zero-order valence-corrected chi connectivity index (χ0v) is 11.4. The van der Waals surface area contributed by atoms with Gasteiger partial charge < -0.3 is 14.9 Å². The standard InChI is InChI=1S/C11H14N4O4S/c16-10(17)7-4-20-9(6-1-2-6)15(7)11(18)12-3-8-13-5-19-14-8/h5-7,9H,1-4H2,(H,12,18)(H,16,17). The number of aromatic nitrogens is 2. The van der Waals surface area contributed by atoms with E-state index in [1.54, 1.807) is 11.8 Å². The molecule has 9 heteroatoms. The van der Waals surface area contributed by atoms with Crippen molar-refractivity contribution in [1.82, 2.24) is 20.4 Å². The van der Waals surface area contributed by atoms with E-state index in [1.807, 2.05) is 0 Å². The molecule has 0 spiro atoms. The van der Waals surface area contributed by atoms with E-state index in [2.05, 4.69) is 20.0 Å². The first-order valence-corrected chi connectivity index (χ1v) is 7.37. The monoisotopic (exact) mass is 298 g/mol. The van der Waals surface area contributed by atoms with Crippen LogP contribution in [0.4, 0.5) is 4.79 Å². The van der Waals surface area contributed by atoms with Crippen molar-refractivity contribution in [2.24, 2.45) is 5.92 Å². The number of carboxylic acids is 1. The molecule has 1 aromatic rings. The van der Waals surface area contributed by atoms with Crippen molar-refractivity contribution in [3.8, 4) is 0 Å². The Morgan fingerprint density at radius 1 is 1.55 bits per heavy atom. The summed E-state index contributed by atoms with van der Waals surface area (Å²) >= 11 is 1.54. The Labute approximate surface area is 118 Å². The van der Waals surface area contributed by atoms with Crippen molar-refractivity contribution in [1.29, 1.82) is 0 Å². The van der Waals surface area contributed by atoms with Gasteiger partial charge in [0.15, 0.2) is 5.82 Å². The summed E-state index contributed by atoms with van der Waals surface area (Å²) in [5.41, 5.74) is 0. The second-order valence-corrected chi connectivity index (χ2v) is 5.98. The highest BCUT2D eigenvalue weighted by atomic mass is 32.2. The van der Waals surface area contributed by atoms with Gasteiger partial charge in [-0.2, -0.15) is 4.98 Å². The van der Waals surface area contributed by atoms with Gasteiger partial charge in [0.25, 0.3) is 0 Å². The van der Waals surface area contributed by atoms with Crippen LogP contribution in [-0.2, 0) is 11.3 Å². The maximum atomic E-state index is 12.2. The number of nitrogens with zero attached hydrogens (tertiary/aromatic N) is 3. The number of amides is 2. The third kappa shape index (κ3) is 2.58. The summed E-state index contributed by atoms with van der Waals surface area (Å²) in [7, 11) is 0. The Balaban J connectivity index is 1.67. The predicted octanol–water partition coefficient (Wildman–Crippen LogP) is 0.517. The van der Waals surface area contributed by atoms with Crippen LogP contribution < -0.4 is 5.32 Å². The van der Waals surface area contributed by atoms with Crippen molar-refractivity contribution < 1.29 is 19.2 Å². The van der Waals surface area contributed by atoms with E-state index in [9.17, 15) is 14.7 Å². The third-order valence-electron chi connectivity index (χ3n) is 3.38. The molecular formula is C11H14N4O4S. The molecule has 1 saturated carbocycles. The van der Waals surface area contributed by atoms with E-state index in [0.29, 0.717) is 17.5 Å². The number of thioether (sulfide) groups is 1. The molecule has 1 aliphatic carbocycles. The highest BCUT2D eigenvalue weighted by molar-refractivity contribution is 8.00. The average molecular weight is 298 g/mol. The summed E-state index contributed by atoms with van der Waals surface area (Å²) in [4.78, 5) is 28.8. The normalized spacial score (nSPS) is 25.7. The van der Waals surface area contributed by atoms with Gasteiger partial charge in [-0.05, 0) is 18.8 Å². The number of hydrogen-bond acceptors (Lipinski definition) is 6. The van der Waals surface area contributed by atoms with E-state index >= 15 is 0 Å². The Morgan fingerprint density at radius 2 is 2.35 bits per heavy atom. The number of nitrogens with one attached hydrogen (secondary N) is 1. The van der Waals surface area contributed by atoms with E-state index in [0.717, 1.165) is 12.8 Å². The van der Waals surface area contributed by atoms with Crippen molar-refractivity contribution in [2.45, 2.75) is 30.8 Å². The lowest BCUT2D eigenvalue weighted by atomic mass is 10.2. The third-order valence-corrected chi connectivity index (χ3v) is 4.85. The minimum absolute atomic E-state index is 0.0404. The van der Waals surface area contributed by atoms with E-state index in [1.165, 1.54) is 11.3 Å². The first-order valence-electron chi connectivity index (χ1n) is 6.32. The molecule has 2 fully saturated rings. The first-order chi connectivity index (χ1) is 9.66.